The van der Waals surface area contributed by atoms with Gasteiger partial charge < -0.3 is 9.47 Å². The number of aryl methyl sites for hydroxylation is 1. The Balaban J connectivity index is 1.59. The van der Waals surface area contributed by atoms with Gasteiger partial charge in [0, 0.05) is 6.61 Å². The number of benzene rings is 2. The number of aromatic nitrogens is 1. The van der Waals surface area contributed by atoms with E-state index in [9.17, 15) is 9.18 Å². The molecule has 5 nitrogen and oxygen atoms in total. The highest BCUT2D eigenvalue weighted by atomic mass is 32.1. The van der Waals surface area contributed by atoms with E-state index in [-0.39, 0.29) is 24.4 Å². The number of fused-ring (bicyclic) bond motifs is 1. The first kappa shape index (κ1) is 19.8. The van der Waals surface area contributed by atoms with Crippen LogP contribution in [-0.4, -0.2) is 36.8 Å². The Kier molecular flexibility index (Phi) is 6.06. The summed E-state index contributed by atoms with van der Waals surface area (Å²) in [6, 6.07) is 12.2. The SMILES string of the molecule is CCc1cccc2sc(N(CC3CCCO3)C(=O)COc3ccccc3F)nc12. The molecule has 1 aliphatic heterocycles. The van der Waals surface area contributed by atoms with E-state index < -0.39 is 5.82 Å². The highest BCUT2D eigenvalue weighted by Crippen LogP contribution is 2.32. The number of carbonyl (C=O) groups excluding carboxylic acids is 1. The Hall–Kier alpha value is -2.51. The molecule has 1 fully saturated rings. The minimum Gasteiger partial charge on any atom is -0.481 e. The molecule has 152 valence electrons. The van der Waals surface area contributed by atoms with Crippen molar-refractivity contribution in [2.24, 2.45) is 0 Å². The van der Waals surface area contributed by atoms with Gasteiger partial charge in [-0.3, -0.25) is 9.69 Å². The molecule has 1 aliphatic rings. The van der Waals surface area contributed by atoms with Crippen molar-refractivity contribution in [3.05, 3.63) is 53.8 Å². The second kappa shape index (κ2) is 8.88. The predicted molar refractivity (Wildman–Crippen MR) is 112 cm³/mol. The van der Waals surface area contributed by atoms with Crippen LogP contribution in [0.1, 0.15) is 25.3 Å². The molecule has 4 rings (SSSR count). The summed E-state index contributed by atoms with van der Waals surface area (Å²) < 4.78 is 26.1. The normalized spacial score (nSPS) is 16.3. The van der Waals surface area contributed by atoms with Gasteiger partial charge in [-0.25, -0.2) is 9.37 Å². The molecule has 2 heterocycles. The van der Waals surface area contributed by atoms with E-state index in [0.717, 1.165) is 35.0 Å². The fraction of sp³-hybridized carbons (Fsp3) is 0.364. The topological polar surface area (TPSA) is 51.7 Å². The maximum absolute atomic E-state index is 13.8. The van der Waals surface area contributed by atoms with Crippen molar-refractivity contribution in [1.29, 1.82) is 0 Å². The molecule has 0 bridgehead atoms. The molecular formula is C22H23FN2O3S. The first-order chi connectivity index (χ1) is 14.2. The van der Waals surface area contributed by atoms with Crippen molar-refractivity contribution in [3.8, 4) is 5.75 Å². The number of hydrogen-bond acceptors (Lipinski definition) is 5. The lowest BCUT2D eigenvalue weighted by molar-refractivity contribution is -0.121. The molecule has 1 atom stereocenters. The van der Waals surface area contributed by atoms with E-state index in [1.54, 1.807) is 17.0 Å². The van der Waals surface area contributed by atoms with Gasteiger partial charge in [0.25, 0.3) is 5.91 Å². The van der Waals surface area contributed by atoms with E-state index in [4.69, 9.17) is 14.5 Å². The molecule has 29 heavy (non-hydrogen) atoms. The van der Waals surface area contributed by atoms with Crippen molar-refractivity contribution in [1.82, 2.24) is 4.98 Å². The molecule has 1 unspecified atom stereocenters. The summed E-state index contributed by atoms with van der Waals surface area (Å²) >= 11 is 1.48. The Labute approximate surface area is 173 Å². The molecule has 2 aromatic carbocycles. The van der Waals surface area contributed by atoms with Crippen LogP contribution in [0.3, 0.4) is 0 Å². The van der Waals surface area contributed by atoms with Crippen LogP contribution in [0, 0.1) is 5.82 Å². The zero-order chi connectivity index (χ0) is 20.2. The van der Waals surface area contributed by atoms with E-state index in [0.29, 0.717) is 18.3 Å². The molecule has 0 N–H and O–H groups in total. The second-order valence-electron chi connectivity index (χ2n) is 6.97. The third-order valence-corrected chi connectivity index (χ3v) is 6.05. The third kappa shape index (κ3) is 4.41. The van der Waals surface area contributed by atoms with E-state index in [2.05, 4.69) is 13.0 Å². The van der Waals surface area contributed by atoms with Gasteiger partial charge in [-0.15, -0.1) is 0 Å². The van der Waals surface area contributed by atoms with Crippen LogP contribution < -0.4 is 9.64 Å². The first-order valence-corrected chi connectivity index (χ1v) is 10.6. The molecule has 1 aromatic heterocycles. The lowest BCUT2D eigenvalue weighted by Crippen LogP contribution is -2.40. The molecule has 7 heteroatoms. The second-order valence-corrected chi connectivity index (χ2v) is 7.98. The van der Waals surface area contributed by atoms with Crippen LogP contribution in [0.4, 0.5) is 9.52 Å². The first-order valence-electron chi connectivity index (χ1n) is 9.83. The molecular weight excluding hydrogens is 391 g/mol. The number of anilines is 1. The zero-order valence-electron chi connectivity index (χ0n) is 16.3. The van der Waals surface area contributed by atoms with Gasteiger partial charge in [0.2, 0.25) is 0 Å². The summed E-state index contributed by atoms with van der Waals surface area (Å²) in [5.74, 6) is -0.685. The average Bonchev–Trinajstić information content (AvgIpc) is 3.40. The number of amides is 1. The number of carbonyl (C=O) groups is 1. The van der Waals surface area contributed by atoms with Crippen molar-refractivity contribution in [3.63, 3.8) is 0 Å². The number of halogens is 1. The fourth-order valence-electron chi connectivity index (χ4n) is 3.45. The summed E-state index contributed by atoms with van der Waals surface area (Å²) in [7, 11) is 0. The number of para-hydroxylation sites is 2. The van der Waals surface area contributed by atoms with E-state index in [1.807, 2.05) is 12.1 Å². The molecule has 0 radical (unpaired) electrons. The van der Waals surface area contributed by atoms with Gasteiger partial charge in [-0.05, 0) is 43.0 Å². The number of rotatable bonds is 7. The summed E-state index contributed by atoms with van der Waals surface area (Å²) in [6.45, 7) is 2.95. The van der Waals surface area contributed by atoms with E-state index >= 15 is 0 Å². The summed E-state index contributed by atoms with van der Waals surface area (Å²) in [5, 5.41) is 0.624. The summed E-state index contributed by atoms with van der Waals surface area (Å²) in [4.78, 5) is 19.4. The van der Waals surface area contributed by atoms with Gasteiger partial charge in [0.1, 0.15) is 0 Å². The Morgan fingerprint density at radius 3 is 2.93 bits per heavy atom. The highest BCUT2D eigenvalue weighted by molar-refractivity contribution is 7.22. The average molecular weight is 415 g/mol. The molecule has 1 amide bonds. The molecule has 0 saturated carbocycles. The fourth-order valence-corrected chi connectivity index (χ4v) is 4.49. The van der Waals surface area contributed by atoms with Gasteiger partial charge in [-0.1, -0.05) is 42.5 Å². The smallest absolute Gasteiger partial charge is 0.266 e. The number of thiazole rings is 1. The van der Waals surface area contributed by atoms with Gasteiger partial charge in [0.05, 0.1) is 22.9 Å². The summed E-state index contributed by atoms with van der Waals surface area (Å²) in [6.07, 6.45) is 2.74. The lowest BCUT2D eigenvalue weighted by atomic mass is 10.1. The maximum atomic E-state index is 13.8. The minimum atomic E-state index is -0.487. The molecule has 0 aliphatic carbocycles. The van der Waals surface area contributed by atoms with Crippen molar-refractivity contribution < 1.29 is 18.7 Å². The van der Waals surface area contributed by atoms with Crippen molar-refractivity contribution in [2.75, 3.05) is 24.7 Å². The molecule has 1 saturated heterocycles. The van der Waals surface area contributed by atoms with Gasteiger partial charge in [-0.2, -0.15) is 0 Å². The van der Waals surface area contributed by atoms with Crippen LogP contribution in [0.2, 0.25) is 0 Å². The van der Waals surface area contributed by atoms with Crippen molar-refractivity contribution in [2.45, 2.75) is 32.3 Å². The van der Waals surface area contributed by atoms with Gasteiger partial charge >= 0.3 is 0 Å². The Morgan fingerprint density at radius 2 is 2.17 bits per heavy atom. The Bertz CT molecular complexity index is 1000. The third-order valence-electron chi connectivity index (χ3n) is 5.00. The van der Waals surface area contributed by atoms with Gasteiger partial charge in [0.15, 0.2) is 23.3 Å². The largest absolute Gasteiger partial charge is 0.481 e. The lowest BCUT2D eigenvalue weighted by Gasteiger charge is -2.23. The van der Waals surface area contributed by atoms with Crippen LogP contribution in [0.25, 0.3) is 10.2 Å². The summed E-state index contributed by atoms with van der Waals surface area (Å²) in [5.41, 5.74) is 2.08. The van der Waals surface area contributed by atoms with Crippen LogP contribution in [0.5, 0.6) is 5.75 Å². The monoisotopic (exact) mass is 414 g/mol. The molecule has 0 spiro atoms. The quantitative estimate of drug-likeness (QED) is 0.568. The number of ether oxygens (including phenoxy) is 2. The highest BCUT2D eigenvalue weighted by Gasteiger charge is 2.27. The number of nitrogens with zero attached hydrogens (tertiary/aromatic N) is 2. The standard InChI is InChI=1S/C22H23FN2O3S/c1-2-15-7-5-11-19-21(15)24-22(29-19)25(13-16-8-6-12-27-16)20(26)14-28-18-10-4-3-9-17(18)23/h3-5,7,9-11,16H,2,6,8,12-14H2,1H3. The Morgan fingerprint density at radius 1 is 1.31 bits per heavy atom. The molecule has 3 aromatic rings. The maximum Gasteiger partial charge on any atom is 0.266 e. The van der Waals surface area contributed by atoms with Crippen LogP contribution in [-0.2, 0) is 16.0 Å². The van der Waals surface area contributed by atoms with Crippen LogP contribution >= 0.6 is 11.3 Å². The zero-order valence-corrected chi connectivity index (χ0v) is 17.1. The predicted octanol–water partition coefficient (Wildman–Crippen LogP) is 4.59. The number of hydrogen-bond donors (Lipinski definition) is 0. The van der Waals surface area contributed by atoms with Crippen molar-refractivity contribution >= 4 is 32.6 Å². The minimum absolute atomic E-state index is 0.0231. The van der Waals surface area contributed by atoms with E-state index in [1.165, 1.54) is 23.5 Å². The van der Waals surface area contributed by atoms with Crippen LogP contribution in [0.15, 0.2) is 42.5 Å².